The maximum atomic E-state index is 10.7. The number of amides is 1. The number of carbonyl (C=O) groups is 1. The second-order valence-electron chi connectivity index (χ2n) is 2.18. The average molecular weight is 164 g/mol. The van der Waals surface area contributed by atoms with Gasteiger partial charge in [0.25, 0.3) is 0 Å². The van der Waals surface area contributed by atoms with Gasteiger partial charge in [-0.1, -0.05) is 6.08 Å². The van der Waals surface area contributed by atoms with Crippen LogP contribution in [0.2, 0.25) is 0 Å². The van der Waals surface area contributed by atoms with Crippen LogP contribution >= 0.6 is 11.8 Å². The summed E-state index contributed by atoms with van der Waals surface area (Å²) < 4.78 is 0. The predicted octanol–water partition coefficient (Wildman–Crippen LogP) is 0.424. The zero-order chi connectivity index (χ0) is 6.27. The third-order valence-corrected chi connectivity index (χ3v) is 2.76. The summed E-state index contributed by atoms with van der Waals surface area (Å²) in [5, 5.41) is 0.475. The van der Waals surface area contributed by atoms with Crippen molar-refractivity contribution >= 4 is 47.2 Å². The minimum absolute atomic E-state index is 0. The van der Waals surface area contributed by atoms with E-state index in [1.165, 1.54) is 0 Å². The van der Waals surface area contributed by atoms with Gasteiger partial charge in [0.05, 0.1) is 11.8 Å². The minimum Gasteiger partial charge on any atom is -0.306 e. The summed E-state index contributed by atoms with van der Waals surface area (Å²) >= 11 is 1.84. The van der Waals surface area contributed by atoms with Crippen molar-refractivity contribution in [3.05, 3.63) is 12.3 Å². The molecule has 0 saturated carbocycles. The average Bonchev–Trinajstić information content (AvgIpc) is 1.86. The van der Waals surface area contributed by atoms with Crippen molar-refractivity contribution in [3.63, 3.8) is 0 Å². The number of thioether (sulfide) groups is 1. The standard InChI is InChI=1S/C6H7NOS.Na/c8-5-4-6-7(5)2-1-3-9-6;/h1-2,6H,3-4H2;/t6-;/m1./s1. The maximum absolute atomic E-state index is 10.7. The van der Waals surface area contributed by atoms with Crippen LogP contribution in [0, 0.1) is 0 Å². The Labute approximate surface area is 86.3 Å². The van der Waals surface area contributed by atoms with Gasteiger partial charge in [0, 0.05) is 41.5 Å². The molecule has 1 saturated heterocycles. The van der Waals surface area contributed by atoms with Crippen LogP contribution < -0.4 is 0 Å². The zero-order valence-electron chi connectivity index (χ0n) is 5.91. The van der Waals surface area contributed by atoms with Crippen molar-refractivity contribution in [1.82, 2.24) is 4.90 Å². The van der Waals surface area contributed by atoms with E-state index >= 15 is 0 Å². The van der Waals surface area contributed by atoms with E-state index in [1.54, 1.807) is 4.90 Å². The van der Waals surface area contributed by atoms with Gasteiger partial charge < -0.3 is 4.90 Å². The van der Waals surface area contributed by atoms with Crippen molar-refractivity contribution in [2.75, 3.05) is 5.75 Å². The van der Waals surface area contributed by atoms with Crippen molar-refractivity contribution in [2.24, 2.45) is 0 Å². The van der Waals surface area contributed by atoms with Crippen molar-refractivity contribution in [1.29, 1.82) is 0 Å². The minimum atomic E-state index is 0. The van der Waals surface area contributed by atoms with E-state index in [1.807, 2.05) is 24.0 Å². The summed E-state index contributed by atoms with van der Waals surface area (Å²) in [5.74, 6) is 1.33. The maximum Gasteiger partial charge on any atom is 0.230 e. The Hall–Kier alpha value is 0.560. The summed E-state index contributed by atoms with van der Waals surface area (Å²) in [6.45, 7) is 0. The fourth-order valence-electron chi connectivity index (χ4n) is 1.04. The van der Waals surface area contributed by atoms with E-state index < -0.39 is 0 Å². The van der Waals surface area contributed by atoms with Crippen LogP contribution in [0.1, 0.15) is 6.42 Å². The number of β-lactam (4-membered cyclic amide) rings is 1. The smallest absolute Gasteiger partial charge is 0.230 e. The molecule has 1 radical (unpaired) electrons. The molecule has 0 unspecified atom stereocenters. The van der Waals surface area contributed by atoms with Crippen LogP contribution in [-0.4, -0.2) is 51.5 Å². The van der Waals surface area contributed by atoms with Gasteiger partial charge >= 0.3 is 0 Å². The van der Waals surface area contributed by atoms with Gasteiger partial charge in [-0.3, -0.25) is 4.79 Å². The molecule has 2 nitrogen and oxygen atoms in total. The number of fused-ring (bicyclic) bond motifs is 1. The summed E-state index contributed by atoms with van der Waals surface area (Å²) in [5.41, 5.74) is 0. The third-order valence-electron chi connectivity index (χ3n) is 1.60. The zero-order valence-corrected chi connectivity index (χ0v) is 8.73. The van der Waals surface area contributed by atoms with Gasteiger partial charge in [-0.05, 0) is 0 Å². The Morgan fingerprint density at radius 1 is 1.70 bits per heavy atom. The van der Waals surface area contributed by atoms with E-state index in [4.69, 9.17) is 0 Å². The van der Waals surface area contributed by atoms with Crippen molar-refractivity contribution in [3.8, 4) is 0 Å². The van der Waals surface area contributed by atoms with Crippen molar-refractivity contribution in [2.45, 2.75) is 11.8 Å². The van der Waals surface area contributed by atoms with Gasteiger partial charge in [-0.25, -0.2) is 0 Å². The fraction of sp³-hybridized carbons (Fsp3) is 0.500. The Morgan fingerprint density at radius 2 is 2.50 bits per heavy atom. The topological polar surface area (TPSA) is 20.3 Å². The molecule has 2 aliphatic rings. The molecule has 0 bridgehead atoms. The molecule has 0 aromatic heterocycles. The first kappa shape index (κ1) is 8.65. The quantitative estimate of drug-likeness (QED) is 0.382. The summed E-state index contributed by atoms with van der Waals surface area (Å²) in [7, 11) is 0. The monoisotopic (exact) mass is 164 g/mol. The molecule has 1 amide bonds. The van der Waals surface area contributed by atoms with Crippen LogP contribution in [0.15, 0.2) is 12.3 Å². The van der Waals surface area contributed by atoms with Crippen LogP contribution in [0.25, 0.3) is 0 Å². The molecule has 2 rings (SSSR count). The molecule has 1 atom stereocenters. The molecule has 1 fully saturated rings. The predicted molar refractivity (Wildman–Crippen MR) is 42.6 cm³/mol. The Balaban J connectivity index is 0.000000500. The summed E-state index contributed by atoms with van der Waals surface area (Å²) in [6.07, 6.45) is 4.67. The van der Waals surface area contributed by atoms with Gasteiger partial charge in [0.1, 0.15) is 0 Å². The molecule has 0 aromatic carbocycles. The number of carbonyl (C=O) groups excluding carboxylic acids is 1. The Bertz CT molecular complexity index is 183. The first-order valence-corrected chi connectivity index (χ1v) is 4.02. The van der Waals surface area contributed by atoms with Gasteiger partial charge in [0.15, 0.2) is 0 Å². The Kier molecular flexibility index (Phi) is 2.86. The summed E-state index contributed by atoms with van der Waals surface area (Å²) in [4.78, 5) is 12.5. The van der Waals surface area contributed by atoms with Crippen LogP contribution in [0.3, 0.4) is 0 Å². The first-order valence-electron chi connectivity index (χ1n) is 2.97. The fourth-order valence-corrected chi connectivity index (χ4v) is 2.07. The molecule has 0 aliphatic carbocycles. The molecule has 0 N–H and O–H groups in total. The van der Waals surface area contributed by atoms with Crippen LogP contribution in [0.4, 0.5) is 0 Å². The molecule has 2 heterocycles. The molecular formula is C6H7NNaOS. The first-order chi connectivity index (χ1) is 4.38. The second-order valence-corrected chi connectivity index (χ2v) is 3.39. The van der Waals surface area contributed by atoms with E-state index in [0.29, 0.717) is 5.37 Å². The number of nitrogens with zero attached hydrogens (tertiary/aromatic N) is 1. The van der Waals surface area contributed by atoms with Crippen molar-refractivity contribution < 1.29 is 4.79 Å². The Morgan fingerprint density at radius 3 is 3.00 bits per heavy atom. The number of rotatable bonds is 0. The molecule has 2 aliphatic heterocycles. The van der Waals surface area contributed by atoms with Gasteiger partial charge in [-0.2, -0.15) is 0 Å². The van der Waals surface area contributed by atoms with Gasteiger partial charge in [-0.15, -0.1) is 11.8 Å². The SMILES string of the molecule is O=C1C[C@H]2SCC=CN12.[Na]. The van der Waals surface area contributed by atoms with E-state index in [9.17, 15) is 4.79 Å². The molecule has 0 spiro atoms. The second kappa shape index (κ2) is 3.30. The van der Waals surface area contributed by atoms with E-state index in [0.717, 1.165) is 12.2 Å². The number of hydrogen-bond acceptors (Lipinski definition) is 2. The van der Waals surface area contributed by atoms with E-state index in [2.05, 4.69) is 0 Å². The molecular weight excluding hydrogens is 157 g/mol. The molecule has 49 valence electrons. The number of hydrogen-bond donors (Lipinski definition) is 0. The normalized spacial score (nSPS) is 28.6. The molecule has 4 heteroatoms. The van der Waals surface area contributed by atoms with Crippen LogP contribution in [0.5, 0.6) is 0 Å². The summed E-state index contributed by atoms with van der Waals surface area (Å²) in [6, 6.07) is 0. The molecule has 0 aromatic rings. The van der Waals surface area contributed by atoms with E-state index in [-0.39, 0.29) is 35.5 Å². The van der Waals surface area contributed by atoms with Crippen LogP contribution in [-0.2, 0) is 4.79 Å². The van der Waals surface area contributed by atoms with Gasteiger partial charge in [0.2, 0.25) is 5.91 Å². The molecule has 10 heavy (non-hydrogen) atoms. The third kappa shape index (κ3) is 1.28. The largest absolute Gasteiger partial charge is 0.306 e.